The molecule has 1 saturated heterocycles. The van der Waals surface area contributed by atoms with Gasteiger partial charge >= 0.3 is 6.09 Å². The first-order chi connectivity index (χ1) is 9.17. The number of carboxylic acid groups (broad SMARTS) is 1. The summed E-state index contributed by atoms with van der Waals surface area (Å²) >= 11 is 1.41. The number of anilines is 1. The maximum Gasteiger partial charge on any atom is 0.409 e. The van der Waals surface area contributed by atoms with E-state index in [1.54, 1.807) is 6.20 Å². The van der Waals surface area contributed by atoms with Crippen LogP contribution in [0.3, 0.4) is 0 Å². The number of aromatic nitrogens is 1. The fourth-order valence-corrected chi connectivity index (χ4v) is 3.71. The minimum Gasteiger partial charge on any atom is -0.465 e. The van der Waals surface area contributed by atoms with Gasteiger partial charge in [0.25, 0.3) is 0 Å². The molecule has 1 aromatic rings. The number of thiazole rings is 1. The summed E-state index contributed by atoms with van der Waals surface area (Å²) in [5, 5.41) is 12.6. The Hall–Kier alpha value is -1.18. The summed E-state index contributed by atoms with van der Waals surface area (Å²) < 4.78 is 11.4. The van der Waals surface area contributed by atoms with E-state index in [-0.39, 0.29) is 5.79 Å². The number of carbonyl (C=O) groups is 1. The van der Waals surface area contributed by atoms with Crippen LogP contribution in [0.1, 0.15) is 36.6 Å². The molecule has 2 aliphatic rings. The van der Waals surface area contributed by atoms with Crippen molar-refractivity contribution in [1.29, 1.82) is 0 Å². The number of nitrogens with one attached hydrogen (secondary N) is 1. The van der Waals surface area contributed by atoms with E-state index < -0.39 is 6.09 Å². The summed E-state index contributed by atoms with van der Waals surface area (Å²) in [5.74, 6) is 0.0309. The Morgan fingerprint density at radius 3 is 2.74 bits per heavy atom. The second kappa shape index (κ2) is 5.07. The lowest BCUT2D eigenvalue weighted by Crippen LogP contribution is -2.34. The molecule has 1 spiro atoms. The predicted octanol–water partition coefficient (Wildman–Crippen LogP) is 2.63. The smallest absolute Gasteiger partial charge is 0.409 e. The van der Waals surface area contributed by atoms with Crippen molar-refractivity contribution >= 4 is 22.4 Å². The van der Waals surface area contributed by atoms with Crippen LogP contribution in [0.5, 0.6) is 0 Å². The van der Waals surface area contributed by atoms with Gasteiger partial charge in [0, 0.05) is 18.8 Å². The molecule has 0 unspecified atom stereocenters. The van der Waals surface area contributed by atoms with E-state index in [2.05, 4.69) is 10.3 Å². The van der Waals surface area contributed by atoms with Crippen molar-refractivity contribution in [2.75, 3.05) is 18.5 Å². The fourth-order valence-electron chi connectivity index (χ4n) is 2.73. The number of hydrogen-bond acceptors (Lipinski definition) is 5. The lowest BCUT2D eigenvalue weighted by Gasteiger charge is -2.34. The van der Waals surface area contributed by atoms with E-state index in [0.717, 1.165) is 30.7 Å². The van der Waals surface area contributed by atoms with Gasteiger partial charge in [0.1, 0.15) is 5.00 Å². The van der Waals surface area contributed by atoms with Crippen LogP contribution in [-0.2, 0) is 9.47 Å². The van der Waals surface area contributed by atoms with Gasteiger partial charge in [-0.05, 0) is 12.8 Å². The van der Waals surface area contributed by atoms with Gasteiger partial charge in [-0.2, -0.15) is 0 Å². The van der Waals surface area contributed by atoms with Crippen LogP contribution in [0.2, 0.25) is 0 Å². The molecule has 1 saturated carbocycles. The number of nitrogens with zero attached hydrogens (tertiary/aromatic N) is 1. The molecule has 6 nitrogen and oxygen atoms in total. The van der Waals surface area contributed by atoms with Gasteiger partial charge in [0.05, 0.1) is 24.4 Å². The van der Waals surface area contributed by atoms with E-state index in [0.29, 0.717) is 24.1 Å². The zero-order chi connectivity index (χ0) is 13.3. The summed E-state index contributed by atoms with van der Waals surface area (Å²) in [6.07, 6.45) is 4.25. The largest absolute Gasteiger partial charge is 0.465 e. The minimum atomic E-state index is -1.05. The zero-order valence-corrected chi connectivity index (χ0v) is 11.2. The number of hydrogen-bond donors (Lipinski definition) is 2. The lowest BCUT2D eigenvalue weighted by atomic mass is 9.85. The highest BCUT2D eigenvalue weighted by molar-refractivity contribution is 7.15. The summed E-state index contributed by atoms with van der Waals surface area (Å²) in [6.45, 7) is 1.38. The molecule has 2 N–H and O–H groups in total. The Morgan fingerprint density at radius 2 is 2.11 bits per heavy atom. The van der Waals surface area contributed by atoms with Crippen LogP contribution < -0.4 is 5.32 Å². The number of amides is 1. The first kappa shape index (κ1) is 12.8. The average Bonchev–Trinajstić information content (AvgIpc) is 3.00. The average molecular weight is 284 g/mol. The second-order valence-electron chi connectivity index (χ2n) is 4.87. The molecule has 1 aliphatic heterocycles. The van der Waals surface area contributed by atoms with Crippen molar-refractivity contribution in [2.24, 2.45) is 0 Å². The Balaban J connectivity index is 1.61. The van der Waals surface area contributed by atoms with Crippen LogP contribution in [0.15, 0.2) is 6.20 Å². The maximum absolute atomic E-state index is 10.6. The number of rotatable bonds is 2. The Bertz CT molecular complexity index is 460. The first-order valence-electron chi connectivity index (χ1n) is 6.40. The topological polar surface area (TPSA) is 80.7 Å². The van der Waals surface area contributed by atoms with Crippen molar-refractivity contribution in [1.82, 2.24) is 4.98 Å². The third kappa shape index (κ3) is 2.72. The monoisotopic (exact) mass is 284 g/mol. The highest BCUT2D eigenvalue weighted by Gasteiger charge is 2.41. The predicted molar refractivity (Wildman–Crippen MR) is 69.6 cm³/mol. The molecule has 2 heterocycles. The van der Waals surface area contributed by atoms with E-state index in [9.17, 15) is 4.79 Å². The van der Waals surface area contributed by atoms with Gasteiger partial charge in [-0.25, -0.2) is 9.78 Å². The quantitative estimate of drug-likeness (QED) is 0.872. The van der Waals surface area contributed by atoms with Crippen molar-refractivity contribution in [3.05, 3.63) is 11.2 Å². The molecule has 3 rings (SSSR count). The second-order valence-corrected chi connectivity index (χ2v) is 5.94. The standard InChI is InChI=1S/C12H16N2O4S/c15-11(16)14-9-7-13-10(19-9)8-1-3-12(4-2-8)17-5-6-18-12/h7-8,14H,1-6H2,(H,15,16). The first-order valence-corrected chi connectivity index (χ1v) is 7.22. The molecule has 2 fully saturated rings. The Kier molecular flexibility index (Phi) is 3.42. The fraction of sp³-hybridized carbons (Fsp3) is 0.667. The maximum atomic E-state index is 10.6. The molecular weight excluding hydrogens is 268 g/mol. The van der Waals surface area contributed by atoms with Gasteiger partial charge in [-0.3, -0.25) is 5.32 Å². The van der Waals surface area contributed by atoms with E-state index >= 15 is 0 Å². The molecule has 1 aromatic heterocycles. The van der Waals surface area contributed by atoms with Gasteiger partial charge < -0.3 is 14.6 Å². The SMILES string of the molecule is O=C(O)Nc1cnc(C2CCC3(CC2)OCCO3)s1. The van der Waals surface area contributed by atoms with Crippen molar-refractivity contribution < 1.29 is 19.4 Å². The van der Waals surface area contributed by atoms with Crippen LogP contribution in [-0.4, -0.2) is 35.2 Å². The van der Waals surface area contributed by atoms with Crippen LogP contribution in [0.25, 0.3) is 0 Å². The van der Waals surface area contributed by atoms with Crippen molar-refractivity contribution in [3.63, 3.8) is 0 Å². The molecule has 1 aliphatic carbocycles. The molecule has 7 heteroatoms. The Morgan fingerprint density at radius 1 is 1.42 bits per heavy atom. The number of ether oxygens (including phenoxy) is 2. The van der Waals surface area contributed by atoms with Crippen LogP contribution in [0.4, 0.5) is 9.80 Å². The molecule has 19 heavy (non-hydrogen) atoms. The minimum absolute atomic E-state index is 0.351. The molecule has 0 radical (unpaired) electrons. The third-order valence-corrected chi connectivity index (χ3v) is 4.74. The molecule has 104 valence electrons. The van der Waals surface area contributed by atoms with E-state index in [1.807, 2.05) is 0 Å². The van der Waals surface area contributed by atoms with Crippen LogP contribution >= 0.6 is 11.3 Å². The Labute approximate surface area is 114 Å². The molecule has 0 aromatic carbocycles. The van der Waals surface area contributed by atoms with E-state index in [1.165, 1.54) is 11.3 Å². The van der Waals surface area contributed by atoms with Gasteiger partial charge in [0.2, 0.25) is 0 Å². The molecule has 0 bridgehead atoms. The molecule has 0 atom stereocenters. The summed E-state index contributed by atoms with van der Waals surface area (Å²) in [5.41, 5.74) is 0. The van der Waals surface area contributed by atoms with E-state index in [4.69, 9.17) is 14.6 Å². The van der Waals surface area contributed by atoms with Crippen LogP contribution in [0, 0.1) is 0 Å². The third-order valence-electron chi connectivity index (χ3n) is 3.66. The highest BCUT2D eigenvalue weighted by Crippen LogP contribution is 2.43. The lowest BCUT2D eigenvalue weighted by molar-refractivity contribution is -0.178. The van der Waals surface area contributed by atoms with Gasteiger partial charge in [-0.15, -0.1) is 11.3 Å². The summed E-state index contributed by atoms with van der Waals surface area (Å²) in [7, 11) is 0. The zero-order valence-electron chi connectivity index (χ0n) is 10.4. The molecular formula is C12H16N2O4S. The highest BCUT2D eigenvalue weighted by atomic mass is 32.1. The summed E-state index contributed by atoms with van der Waals surface area (Å²) in [6, 6.07) is 0. The molecule has 1 amide bonds. The van der Waals surface area contributed by atoms with Gasteiger partial charge in [0.15, 0.2) is 5.79 Å². The van der Waals surface area contributed by atoms with Gasteiger partial charge in [-0.1, -0.05) is 0 Å². The van der Waals surface area contributed by atoms with Crippen molar-refractivity contribution in [3.8, 4) is 0 Å². The van der Waals surface area contributed by atoms with Crippen molar-refractivity contribution in [2.45, 2.75) is 37.4 Å². The summed E-state index contributed by atoms with van der Waals surface area (Å²) in [4.78, 5) is 14.9. The normalized spacial score (nSPS) is 22.7.